The first-order valence-corrected chi connectivity index (χ1v) is 9.17. The van der Waals surface area contributed by atoms with E-state index in [4.69, 9.17) is 17.0 Å². The van der Waals surface area contributed by atoms with E-state index in [-0.39, 0.29) is 16.8 Å². The minimum Gasteiger partial charge on any atom is -0.491 e. The Morgan fingerprint density at radius 1 is 1.15 bits per heavy atom. The van der Waals surface area contributed by atoms with Crippen LogP contribution in [0, 0.1) is 3.57 Å². The van der Waals surface area contributed by atoms with Crippen molar-refractivity contribution in [2.24, 2.45) is 0 Å². The number of carboxylic acids is 1. The lowest BCUT2D eigenvalue weighted by Crippen LogP contribution is -2.34. The number of carboxylic acid groups (broad SMARTS) is 1. The zero-order valence-electron chi connectivity index (χ0n) is 14.1. The van der Waals surface area contributed by atoms with E-state index in [1.165, 1.54) is 6.07 Å². The van der Waals surface area contributed by atoms with Crippen molar-refractivity contribution in [1.82, 2.24) is 5.32 Å². The number of hydrogen-bond donors (Lipinski definition) is 3. The molecule has 2 rings (SSSR count). The predicted octanol–water partition coefficient (Wildman–Crippen LogP) is 3.90. The van der Waals surface area contributed by atoms with Gasteiger partial charge in [0.1, 0.15) is 5.75 Å². The zero-order valence-corrected chi connectivity index (χ0v) is 17.1. The average molecular weight is 484 g/mol. The van der Waals surface area contributed by atoms with Crippen LogP contribution >= 0.6 is 34.8 Å². The summed E-state index contributed by atoms with van der Waals surface area (Å²) >= 11 is 7.13. The van der Waals surface area contributed by atoms with Crippen molar-refractivity contribution in [2.45, 2.75) is 20.0 Å². The highest BCUT2D eigenvalue weighted by molar-refractivity contribution is 14.1. The molecule has 2 aromatic carbocycles. The first-order valence-electron chi connectivity index (χ1n) is 7.68. The Hall–Kier alpha value is -2.20. The number of amides is 1. The van der Waals surface area contributed by atoms with E-state index in [1.54, 1.807) is 36.4 Å². The van der Waals surface area contributed by atoms with Crippen LogP contribution in [0.25, 0.3) is 0 Å². The number of thiocarbonyl (C=S) groups is 1. The second-order valence-corrected chi connectivity index (χ2v) is 7.25. The van der Waals surface area contributed by atoms with Gasteiger partial charge in [0.15, 0.2) is 5.11 Å². The van der Waals surface area contributed by atoms with Crippen LogP contribution in [0.2, 0.25) is 0 Å². The summed E-state index contributed by atoms with van der Waals surface area (Å²) in [4.78, 5) is 23.6. The molecule has 0 fully saturated rings. The van der Waals surface area contributed by atoms with Crippen LogP contribution in [0.4, 0.5) is 5.69 Å². The molecule has 0 aliphatic carbocycles. The fraction of sp³-hybridized carbons (Fsp3) is 0.167. The highest BCUT2D eigenvalue weighted by atomic mass is 127. The van der Waals surface area contributed by atoms with Gasteiger partial charge in [-0.05, 0) is 91.1 Å². The number of ether oxygens (including phenoxy) is 1. The largest absolute Gasteiger partial charge is 0.491 e. The summed E-state index contributed by atoms with van der Waals surface area (Å²) in [5.74, 6) is -0.816. The molecule has 8 heteroatoms. The summed E-state index contributed by atoms with van der Waals surface area (Å²) in [6, 6.07) is 11.5. The molecule has 0 aliphatic heterocycles. The molecular formula is C18H17IN2O4S. The molecule has 0 spiro atoms. The van der Waals surface area contributed by atoms with Gasteiger partial charge in [0.2, 0.25) is 0 Å². The highest BCUT2D eigenvalue weighted by Gasteiger charge is 2.13. The topological polar surface area (TPSA) is 87.7 Å². The van der Waals surface area contributed by atoms with Gasteiger partial charge < -0.3 is 15.2 Å². The number of rotatable bonds is 5. The molecule has 3 N–H and O–H groups in total. The molecule has 0 saturated carbocycles. The Bertz CT molecular complexity index is 838. The van der Waals surface area contributed by atoms with Crippen LogP contribution < -0.4 is 15.4 Å². The molecule has 0 aliphatic rings. The predicted molar refractivity (Wildman–Crippen MR) is 112 cm³/mol. The molecule has 136 valence electrons. The number of anilines is 1. The maximum Gasteiger partial charge on any atom is 0.337 e. The Morgan fingerprint density at radius 2 is 1.81 bits per heavy atom. The third-order valence-corrected chi connectivity index (χ3v) is 4.05. The number of hydrogen-bond acceptors (Lipinski definition) is 4. The fourth-order valence-electron chi connectivity index (χ4n) is 2.09. The zero-order chi connectivity index (χ0) is 19.3. The van der Waals surface area contributed by atoms with Crippen molar-refractivity contribution in [1.29, 1.82) is 0 Å². The van der Waals surface area contributed by atoms with Crippen LogP contribution in [0.15, 0.2) is 42.5 Å². The lowest BCUT2D eigenvalue weighted by Gasteiger charge is -2.13. The Morgan fingerprint density at radius 3 is 2.38 bits per heavy atom. The Kier molecular flexibility index (Phi) is 6.92. The molecule has 0 saturated heterocycles. The first-order chi connectivity index (χ1) is 12.3. The minimum absolute atomic E-state index is 0.0150. The third-order valence-electron chi connectivity index (χ3n) is 3.18. The van der Waals surface area contributed by atoms with Gasteiger partial charge >= 0.3 is 5.97 Å². The normalized spacial score (nSPS) is 10.3. The Labute approximate surface area is 170 Å². The Balaban J connectivity index is 2.04. The number of carbonyl (C=O) groups excluding carboxylic acids is 1. The van der Waals surface area contributed by atoms with E-state index < -0.39 is 11.9 Å². The smallest absolute Gasteiger partial charge is 0.337 e. The van der Waals surface area contributed by atoms with Gasteiger partial charge in [0.05, 0.1) is 17.4 Å². The van der Waals surface area contributed by atoms with Crippen molar-refractivity contribution in [3.8, 4) is 5.75 Å². The van der Waals surface area contributed by atoms with E-state index in [2.05, 4.69) is 10.6 Å². The van der Waals surface area contributed by atoms with Gasteiger partial charge in [-0.2, -0.15) is 0 Å². The maximum atomic E-state index is 12.3. The lowest BCUT2D eigenvalue weighted by atomic mass is 10.2. The number of halogens is 1. The third kappa shape index (κ3) is 5.67. The van der Waals surface area contributed by atoms with Crippen LogP contribution in [-0.4, -0.2) is 28.2 Å². The van der Waals surface area contributed by atoms with Crippen molar-refractivity contribution in [3.05, 3.63) is 57.2 Å². The summed E-state index contributed by atoms with van der Waals surface area (Å²) in [6.45, 7) is 3.83. The molecule has 0 unspecified atom stereocenters. The van der Waals surface area contributed by atoms with Crippen LogP contribution in [0.3, 0.4) is 0 Å². The molecule has 0 radical (unpaired) electrons. The molecule has 26 heavy (non-hydrogen) atoms. The molecule has 2 aromatic rings. The molecular weight excluding hydrogens is 467 g/mol. The summed E-state index contributed by atoms with van der Waals surface area (Å²) in [5, 5.41) is 14.6. The van der Waals surface area contributed by atoms with Crippen LogP contribution in [0.5, 0.6) is 5.75 Å². The van der Waals surface area contributed by atoms with Crippen LogP contribution in [0.1, 0.15) is 34.6 Å². The highest BCUT2D eigenvalue weighted by Crippen LogP contribution is 2.19. The van der Waals surface area contributed by atoms with Crippen molar-refractivity contribution in [2.75, 3.05) is 5.32 Å². The van der Waals surface area contributed by atoms with Crippen molar-refractivity contribution in [3.63, 3.8) is 0 Å². The molecule has 6 nitrogen and oxygen atoms in total. The maximum absolute atomic E-state index is 12.3. The molecule has 0 atom stereocenters. The van der Waals surface area contributed by atoms with E-state index in [0.29, 0.717) is 17.0 Å². The van der Waals surface area contributed by atoms with Gasteiger partial charge in [0, 0.05) is 9.13 Å². The van der Waals surface area contributed by atoms with Crippen molar-refractivity contribution >= 4 is 57.5 Å². The number of benzene rings is 2. The molecule has 0 aromatic heterocycles. The van der Waals surface area contributed by atoms with Crippen molar-refractivity contribution < 1.29 is 19.4 Å². The second kappa shape index (κ2) is 8.95. The fourth-order valence-corrected chi connectivity index (χ4v) is 2.78. The second-order valence-electron chi connectivity index (χ2n) is 5.59. The van der Waals surface area contributed by atoms with Gasteiger partial charge in [-0.3, -0.25) is 10.1 Å². The van der Waals surface area contributed by atoms with E-state index >= 15 is 0 Å². The van der Waals surface area contributed by atoms with Crippen LogP contribution in [-0.2, 0) is 0 Å². The van der Waals surface area contributed by atoms with E-state index in [9.17, 15) is 14.7 Å². The summed E-state index contributed by atoms with van der Waals surface area (Å²) < 4.78 is 6.31. The quantitative estimate of drug-likeness (QED) is 0.441. The van der Waals surface area contributed by atoms with Gasteiger partial charge in [-0.1, -0.05) is 0 Å². The first kappa shape index (κ1) is 20.1. The number of carbonyl (C=O) groups is 2. The molecule has 1 amide bonds. The monoisotopic (exact) mass is 484 g/mol. The molecule has 0 bridgehead atoms. The van der Waals surface area contributed by atoms with E-state index in [0.717, 1.165) is 3.57 Å². The number of aromatic carboxylic acids is 1. The summed E-state index contributed by atoms with van der Waals surface area (Å²) in [6.07, 6.45) is 0.0452. The summed E-state index contributed by atoms with van der Waals surface area (Å²) in [5.41, 5.74) is 0.791. The summed E-state index contributed by atoms with van der Waals surface area (Å²) in [7, 11) is 0. The lowest BCUT2D eigenvalue weighted by molar-refractivity contribution is 0.0697. The van der Waals surface area contributed by atoms with Gasteiger partial charge in [-0.15, -0.1) is 0 Å². The minimum atomic E-state index is -1.08. The standard InChI is InChI=1S/C18H17IN2O4S/c1-10(2)25-13-6-3-11(4-7-13)16(22)21-18(26)20-15-8-5-12(19)9-14(15)17(23)24/h3-10H,1-2H3,(H,23,24)(H2,20,21,22,26). The van der Waals surface area contributed by atoms with Gasteiger partial charge in [-0.25, -0.2) is 4.79 Å². The molecule has 0 heterocycles. The number of nitrogens with one attached hydrogen (secondary N) is 2. The SMILES string of the molecule is CC(C)Oc1ccc(C(=O)NC(=S)Nc2ccc(I)cc2C(=O)O)cc1. The van der Waals surface area contributed by atoms with E-state index in [1.807, 2.05) is 36.4 Å². The van der Waals surface area contributed by atoms with Gasteiger partial charge in [0.25, 0.3) is 5.91 Å². The average Bonchev–Trinajstić information content (AvgIpc) is 2.56.